The third-order valence-corrected chi connectivity index (χ3v) is 7.65. The molecular formula is C30H21ClN4OS. The van der Waals surface area contributed by atoms with Crippen LogP contribution in [0.1, 0.15) is 16.5 Å². The first-order valence-electron chi connectivity index (χ1n) is 11.8. The molecule has 37 heavy (non-hydrogen) atoms. The van der Waals surface area contributed by atoms with Crippen LogP contribution >= 0.6 is 23.4 Å². The fourth-order valence-corrected chi connectivity index (χ4v) is 5.74. The number of carbonyl (C=O) groups excluding carboxylic acids is 1. The standard InChI is InChI=1S/C30H21ClN4OS/c31-25-16-8-7-13-22(25)19-26-29(36)35(27-17-9-10-18-32-27)30(37-26)24-20-34(23-14-5-2-6-15-23)33-28(24)21-11-3-1-4-12-21/h1-20,30H. The maximum atomic E-state index is 13.9. The minimum absolute atomic E-state index is 0.125. The molecule has 1 unspecified atom stereocenters. The van der Waals surface area contributed by atoms with Crippen molar-refractivity contribution in [1.29, 1.82) is 0 Å². The molecule has 1 fully saturated rings. The maximum absolute atomic E-state index is 13.9. The predicted molar refractivity (Wildman–Crippen MR) is 150 cm³/mol. The lowest BCUT2D eigenvalue weighted by atomic mass is 10.1. The fraction of sp³-hybridized carbons (Fsp3) is 0.0333. The summed E-state index contributed by atoms with van der Waals surface area (Å²) >= 11 is 7.91. The van der Waals surface area contributed by atoms with E-state index in [0.29, 0.717) is 15.7 Å². The van der Waals surface area contributed by atoms with Gasteiger partial charge >= 0.3 is 0 Å². The number of aromatic nitrogens is 3. The number of nitrogens with zero attached hydrogens (tertiary/aromatic N) is 4. The SMILES string of the molecule is O=C1C(=Cc2ccccc2Cl)SC(c2cn(-c3ccccc3)nc2-c2ccccc2)N1c1ccccn1. The van der Waals surface area contributed by atoms with Gasteiger partial charge in [-0.3, -0.25) is 9.69 Å². The monoisotopic (exact) mass is 520 g/mol. The van der Waals surface area contributed by atoms with Crippen LogP contribution in [0.15, 0.2) is 120 Å². The van der Waals surface area contributed by atoms with Gasteiger partial charge in [-0.25, -0.2) is 9.67 Å². The number of hydrogen-bond acceptors (Lipinski definition) is 4. The quantitative estimate of drug-likeness (QED) is 0.226. The van der Waals surface area contributed by atoms with Crippen LogP contribution in [0.25, 0.3) is 23.0 Å². The van der Waals surface area contributed by atoms with Crippen LogP contribution in [0.3, 0.4) is 0 Å². The molecule has 2 aromatic heterocycles. The Bertz CT molecular complexity index is 1590. The van der Waals surface area contributed by atoms with Gasteiger partial charge < -0.3 is 0 Å². The molecule has 3 aromatic carbocycles. The van der Waals surface area contributed by atoms with E-state index in [1.54, 1.807) is 11.1 Å². The van der Waals surface area contributed by atoms with E-state index >= 15 is 0 Å². The summed E-state index contributed by atoms with van der Waals surface area (Å²) in [7, 11) is 0. The number of pyridine rings is 1. The fourth-order valence-electron chi connectivity index (χ4n) is 4.30. The molecule has 0 radical (unpaired) electrons. The minimum atomic E-state index is -0.371. The molecule has 3 heterocycles. The van der Waals surface area contributed by atoms with Crippen molar-refractivity contribution in [1.82, 2.24) is 14.8 Å². The zero-order valence-corrected chi connectivity index (χ0v) is 21.2. The smallest absolute Gasteiger partial charge is 0.267 e. The second-order valence-electron chi connectivity index (χ2n) is 8.44. The highest BCUT2D eigenvalue weighted by Crippen LogP contribution is 2.50. The Morgan fingerprint density at radius 2 is 1.54 bits per heavy atom. The lowest BCUT2D eigenvalue weighted by molar-refractivity contribution is -0.114. The zero-order valence-electron chi connectivity index (χ0n) is 19.6. The average Bonchev–Trinajstić information content (AvgIpc) is 3.53. The van der Waals surface area contributed by atoms with E-state index in [9.17, 15) is 4.79 Å². The highest BCUT2D eigenvalue weighted by molar-refractivity contribution is 8.05. The first kappa shape index (κ1) is 23.3. The molecule has 1 aliphatic rings. The summed E-state index contributed by atoms with van der Waals surface area (Å²) in [6, 6.07) is 33.1. The second-order valence-corrected chi connectivity index (χ2v) is 9.97. The zero-order chi connectivity index (χ0) is 25.2. The summed E-state index contributed by atoms with van der Waals surface area (Å²) in [6.45, 7) is 0. The van der Waals surface area contributed by atoms with Gasteiger partial charge in [-0.15, -0.1) is 0 Å². The van der Waals surface area contributed by atoms with Crippen LogP contribution in [0, 0.1) is 0 Å². The Morgan fingerprint density at radius 3 is 2.27 bits per heavy atom. The Labute approximate surface area is 224 Å². The van der Waals surface area contributed by atoms with E-state index in [0.717, 1.165) is 28.1 Å². The molecule has 180 valence electrons. The topological polar surface area (TPSA) is 51.0 Å². The van der Waals surface area contributed by atoms with Crippen LogP contribution in [0.2, 0.25) is 5.02 Å². The van der Waals surface area contributed by atoms with Gasteiger partial charge in [0.25, 0.3) is 5.91 Å². The van der Waals surface area contributed by atoms with Gasteiger partial charge in [0.15, 0.2) is 0 Å². The number of benzene rings is 3. The lowest BCUT2D eigenvalue weighted by Crippen LogP contribution is -2.28. The van der Waals surface area contributed by atoms with Gasteiger partial charge in [-0.1, -0.05) is 96.2 Å². The van der Waals surface area contributed by atoms with Gasteiger partial charge in [0.2, 0.25) is 0 Å². The van der Waals surface area contributed by atoms with Gasteiger partial charge in [-0.2, -0.15) is 5.10 Å². The first-order chi connectivity index (χ1) is 18.2. The molecule has 0 bridgehead atoms. The number of halogens is 1. The van der Waals surface area contributed by atoms with Gasteiger partial charge in [-0.05, 0) is 42.0 Å². The van der Waals surface area contributed by atoms with Crippen molar-refractivity contribution >= 4 is 41.2 Å². The average molecular weight is 521 g/mol. The molecule has 1 saturated heterocycles. The number of carbonyl (C=O) groups is 1. The van der Waals surface area contributed by atoms with Crippen molar-refractivity contribution in [3.05, 3.63) is 137 Å². The van der Waals surface area contributed by atoms with Crippen LogP contribution < -0.4 is 4.90 Å². The number of anilines is 1. The summed E-state index contributed by atoms with van der Waals surface area (Å²) in [6.07, 6.45) is 5.57. The highest BCUT2D eigenvalue weighted by atomic mass is 35.5. The van der Waals surface area contributed by atoms with E-state index in [4.69, 9.17) is 16.7 Å². The molecule has 5 nitrogen and oxygen atoms in total. The van der Waals surface area contributed by atoms with E-state index in [2.05, 4.69) is 4.98 Å². The molecule has 0 N–H and O–H groups in total. The molecule has 1 amide bonds. The lowest BCUT2D eigenvalue weighted by Gasteiger charge is -2.22. The molecule has 0 saturated carbocycles. The van der Waals surface area contributed by atoms with Crippen LogP contribution in [-0.4, -0.2) is 20.7 Å². The minimum Gasteiger partial charge on any atom is -0.275 e. The van der Waals surface area contributed by atoms with Crippen molar-refractivity contribution < 1.29 is 4.79 Å². The van der Waals surface area contributed by atoms with Crippen molar-refractivity contribution in [2.24, 2.45) is 0 Å². The predicted octanol–water partition coefficient (Wildman–Crippen LogP) is 7.41. The molecule has 7 heteroatoms. The van der Waals surface area contributed by atoms with E-state index in [-0.39, 0.29) is 11.3 Å². The summed E-state index contributed by atoms with van der Waals surface area (Å²) in [5, 5.41) is 5.20. The van der Waals surface area contributed by atoms with Crippen LogP contribution in [0.4, 0.5) is 5.82 Å². The van der Waals surface area contributed by atoms with Crippen LogP contribution in [0.5, 0.6) is 0 Å². The normalized spacial score (nSPS) is 16.5. The third kappa shape index (κ3) is 4.57. The van der Waals surface area contributed by atoms with E-state index in [1.807, 2.05) is 120 Å². The third-order valence-electron chi connectivity index (χ3n) is 6.07. The Hall–Kier alpha value is -4.13. The molecule has 0 spiro atoms. The Kier molecular flexibility index (Phi) is 6.35. The molecule has 1 aliphatic heterocycles. The highest BCUT2D eigenvalue weighted by Gasteiger charge is 2.41. The number of hydrogen-bond donors (Lipinski definition) is 0. The van der Waals surface area contributed by atoms with Crippen molar-refractivity contribution in [3.63, 3.8) is 0 Å². The Balaban J connectivity index is 1.52. The maximum Gasteiger partial charge on any atom is 0.267 e. The largest absolute Gasteiger partial charge is 0.275 e. The Morgan fingerprint density at radius 1 is 0.838 bits per heavy atom. The summed E-state index contributed by atoms with van der Waals surface area (Å²) in [5.74, 6) is 0.458. The van der Waals surface area contributed by atoms with Crippen molar-refractivity contribution in [2.45, 2.75) is 5.37 Å². The second kappa shape index (κ2) is 10.1. The first-order valence-corrected chi connectivity index (χ1v) is 13.0. The van der Waals surface area contributed by atoms with Crippen molar-refractivity contribution in [2.75, 3.05) is 4.90 Å². The van der Waals surface area contributed by atoms with Gasteiger partial charge in [0.05, 0.1) is 16.3 Å². The van der Waals surface area contributed by atoms with Crippen molar-refractivity contribution in [3.8, 4) is 16.9 Å². The molecule has 0 aliphatic carbocycles. The molecule has 5 aromatic rings. The molecule has 1 atom stereocenters. The number of rotatable bonds is 5. The van der Waals surface area contributed by atoms with E-state index in [1.165, 1.54) is 11.8 Å². The molecular weight excluding hydrogens is 500 g/mol. The van der Waals surface area contributed by atoms with E-state index < -0.39 is 0 Å². The molecule has 6 rings (SSSR count). The summed E-state index contributed by atoms with van der Waals surface area (Å²) in [5.41, 5.74) is 4.45. The number of para-hydroxylation sites is 1. The summed E-state index contributed by atoms with van der Waals surface area (Å²) < 4.78 is 1.87. The van der Waals surface area contributed by atoms with Crippen LogP contribution in [-0.2, 0) is 4.79 Å². The summed E-state index contributed by atoms with van der Waals surface area (Å²) in [4.78, 5) is 20.7. The van der Waals surface area contributed by atoms with Gasteiger partial charge in [0.1, 0.15) is 11.2 Å². The number of thioether (sulfide) groups is 1. The van der Waals surface area contributed by atoms with Gasteiger partial charge in [0, 0.05) is 28.5 Å². The number of amides is 1.